The van der Waals surface area contributed by atoms with Gasteiger partial charge in [0.25, 0.3) is 0 Å². The first-order valence-electron chi connectivity index (χ1n) is 12.8. The number of hydrogen-bond acceptors (Lipinski definition) is 7. The van der Waals surface area contributed by atoms with Crippen LogP contribution in [0.25, 0.3) is 10.9 Å². The number of anilines is 3. The summed E-state index contributed by atoms with van der Waals surface area (Å²) in [6.07, 6.45) is 5.06. The fourth-order valence-electron chi connectivity index (χ4n) is 4.60. The predicted octanol–water partition coefficient (Wildman–Crippen LogP) is 7.53. The van der Waals surface area contributed by atoms with Gasteiger partial charge in [0.15, 0.2) is 0 Å². The number of benzene rings is 3. The number of pyridine rings is 2. The first-order chi connectivity index (χ1) is 20.5. The molecule has 0 spiro atoms. The summed E-state index contributed by atoms with van der Waals surface area (Å²) in [7, 11) is 0. The molecule has 6 rings (SSSR count). The van der Waals surface area contributed by atoms with Crippen molar-refractivity contribution in [1.82, 2.24) is 25.0 Å². The standard InChI is InChI=1S/C31H21Cl2FN8/c32-25-13-21(9-10-27(25)34)38-29-20(15-35)16-37-31-24(29)12-23(14-26(31)33)39-30(19-6-2-1-3-7-19)28-18-42(41-40-28)17-22-8-4-5-11-36-22/h1-14,16,18,30,39H,17H2,(H,37,38). The van der Waals surface area contributed by atoms with Gasteiger partial charge in [-0.15, -0.1) is 5.10 Å². The molecule has 0 bridgehead atoms. The number of fused-ring (bicyclic) bond motifs is 1. The molecule has 206 valence electrons. The van der Waals surface area contributed by atoms with Gasteiger partial charge in [-0.1, -0.05) is 64.8 Å². The van der Waals surface area contributed by atoms with Crippen LogP contribution in [0.4, 0.5) is 21.5 Å². The quantitative estimate of drug-likeness (QED) is 0.187. The van der Waals surface area contributed by atoms with Crippen molar-refractivity contribution < 1.29 is 4.39 Å². The highest BCUT2D eigenvalue weighted by atomic mass is 35.5. The predicted molar refractivity (Wildman–Crippen MR) is 161 cm³/mol. The van der Waals surface area contributed by atoms with Gasteiger partial charge in [-0.05, 0) is 48.0 Å². The third-order valence-corrected chi connectivity index (χ3v) is 7.16. The molecule has 0 aliphatic rings. The van der Waals surface area contributed by atoms with E-state index in [-0.39, 0.29) is 16.6 Å². The minimum atomic E-state index is -0.541. The number of nitrogens with zero attached hydrogens (tertiary/aromatic N) is 6. The molecule has 0 fully saturated rings. The molecular weight excluding hydrogens is 574 g/mol. The second kappa shape index (κ2) is 11.8. The summed E-state index contributed by atoms with van der Waals surface area (Å²) in [5, 5.41) is 26.3. The molecule has 3 aromatic carbocycles. The third kappa shape index (κ3) is 5.72. The smallest absolute Gasteiger partial charge is 0.141 e. The number of aromatic nitrogens is 5. The van der Waals surface area contributed by atoms with Crippen molar-refractivity contribution in [3.63, 3.8) is 0 Å². The Hall–Kier alpha value is -5.04. The third-order valence-electron chi connectivity index (χ3n) is 6.58. The van der Waals surface area contributed by atoms with Gasteiger partial charge in [0.1, 0.15) is 17.6 Å². The summed E-state index contributed by atoms with van der Waals surface area (Å²) in [5.74, 6) is -0.541. The van der Waals surface area contributed by atoms with E-state index in [0.29, 0.717) is 45.2 Å². The number of halogens is 3. The lowest BCUT2D eigenvalue weighted by molar-refractivity contribution is 0.628. The normalized spacial score (nSPS) is 11.7. The van der Waals surface area contributed by atoms with Crippen LogP contribution in [0.1, 0.15) is 28.6 Å². The Balaban J connectivity index is 1.40. The van der Waals surface area contributed by atoms with Crippen LogP contribution in [0.2, 0.25) is 10.0 Å². The highest BCUT2D eigenvalue weighted by Gasteiger charge is 2.20. The van der Waals surface area contributed by atoms with E-state index in [4.69, 9.17) is 23.2 Å². The number of nitriles is 1. The number of hydrogen-bond donors (Lipinski definition) is 2. The lowest BCUT2D eigenvalue weighted by atomic mass is 10.0. The molecular formula is C31H21Cl2FN8. The monoisotopic (exact) mass is 594 g/mol. The minimum absolute atomic E-state index is 0.0425. The summed E-state index contributed by atoms with van der Waals surface area (Å²) in [5.41, 5.74) is 4.93. The van der Waals surface area contributed by atoms with Crippen LogP contribution < -0.4 is 10.6 Å². The van der Waals surface area contributed by atoms with Crippen molar-refractivity contribution >= 4 is 51.2 Å². The second-order valence-corrected chi connectivity index (χ2v) is 10.2. The van der Waals surface area contributed by atoms with E-state index in [0.717, 1.165) is 11.3 Å². The van der Waals surface area contributed by atoms with Gasteiger partial charge in [-0.3, -0.25) is 9.97 Å². The van der Waals surface area contributed by atoms with Crippen LogP contribution in [0, 0.1) is 17.1 Å². The Bertz CT molecular complexity index is 1920. The van der Waals surface area contributed by atoms with Gasteiger partial charge in [0.05, 0.1) is 51.3 Å². The first kappa shape index (κ1) is 27.1. The average Bonchev–Trinajstić information content (AvgIpc) is 3.47. The van der Waals surface area contributed by atoms with Crippen molar-refractivity contribution in [2.75, 3.05) is 10.6 Å². The highest BCUT2D eigenvalue weighted by Crippen LogP contribution is 2.37. The molecule has 2 N–H and O–H groups in total. The molecule has 42 heavy (non-hydrogen) atoms. The van der Waals surface area contributed by atoms with Crippen LogP contribution in [0.5, 0.6) is 0 Å². The van der Waals surface area contributed by atoms with E-state index in [2.05, 4.69) is 37.0 Å². The molecule has 1 unspecified atom stereocenters. The zero-order valence-electron chi connectivity index (χ0n) is 21.8. The molecule has 0 amide bonds. The van der Waals surface area contributed by atoms with Crippen LogP contribution in [-0.2, 0) is 6.54 Å². The summed E-state index contributed by atoms with van der Waals surface area (Å²) in [6, 6.07) is 25.2. The molecule has 0 aliphatic heterocycles. The Morgan fingerprint density at radius 1 is 0.929 bits per heavy atom. The lowest BCUT2D eigenvalue weighted by Gasteiger charge is -2.20. The van der Waals surface area contributed by atoms with Crippen molar-refractivity contribution in [3.8, 4) is 6.07 Å². The van der Waals surface area contributed by atoms with Crippen LogP contribution in [0.3, 0.4) is 0 Å². The van der Waals surface area contributed by atoms with Crippen LogP contribution in [-0.4, -0.2) is 25.0 Å². The molecule has 6 aromatic rings. The summed E-state index contributed by atoms with van der Waals surface area (Å²) >= 11 is 12.7. The maximum Gasteiger partial charge on any atom is 0.141 e. The lowest BCUT2D eigenvalue weighted by Crippen LogP contribution is -2.13. The Labute approximate surface area is 250 Å². The molecule has 3 aromatic heterocycles. The maximum absolute atomic E-state index is 13.8. The molecule has 0 aliphatic carbocycles. The summed E-state index contributed by atoms with van der Waals surface area (Å²) in [4.78, 5) is 8.80. The summed E-state index contributed by atoms with van der Waals surface area (Å²) in [6.45, 7) is 0.474. The zero-order valence-corrected chi connectivity index (χ0v) is 23.4. The van der Waals surface area contributed by atoms with Gasteiger partial charge in [-0.25, -0.2) is 9.07 Å². The fraction of sp³-hybridized carbons (Fsp3) is 0.0645. The van der Waals surface area contributed by atoms with E-state index in [9.17, 15) is 9.65 Å². The number of rotatable bonds is 8. The molecule has 3 heterocycles. The Morgan fingerprint density at radius 2 is 1.74 bits per heavy atom. The van der Waals surface area contributed by atoms with Crippen molar-refractivity contribution in [2.45, 2.75) is 12.6 Å². The van der Waals surface area contributed by atoms with E-state index in [1.165, 1.54) is 24.4 Å². The van der Waals surface area contributed by atoms with E-state index < -0.39 is 5.82 Å². The molecule has 0 saturated heterocycles. The Kier molecular flexibility index (Phi) is 7.64. The van der Waals surface area contributed by atoms with Gasteiger partial charge >= 0.3 is 0 Å². The second-order valence-electron chi connectivity index (χ2n) is 9.42. The van der Waals surface area contributed by atoms with E-state index in [1.54, 1.807) is 16.9 Å². The first-order valence-corrected chi connectivity index (χ1v) is 13.6. The van der Waals surface area contributed by atoms with Gasteiger partial charge < -0.3 is 10.6 Å². The largest absolute Gasteiger partial charge is 0.373 e. The van der Waals surface area contributed by atoms with E-state index >= 15 is 0 Å². The van der Waals surface area contributed by atoms with Crippen molar-refractivity contribution in [1.29, 1.82) is 5.26 Å². The number of nitrogens with one attached hydrogen (secondary N) is 2. The average molecular weight is 595 g/mol. The summed E-state index contributed by atoms with van der Waals surface area (Å²) < 4.78 is 15.5. The van der Waals surface area contributed by atoms with Crippen molar-refractivity contribution in [3.05, 3.63) is 136 Å². The molecule has 0 saturated carbocycles. The molecule has 0 radical (unpaired) electrons. The van der Waals surface area contributed by atoms with Crippen LogP contribution >= 0.6 is 23.2 Å². The van der Waals surface area contributed by atoms with Gasteiger partial charge in [0.2, 0.25) is 0 Å². The molecule has 8 nitrogen and oxygen atoms in total. The van der Waals surface area contributed by atoms with E-state index in [1.807, 2.05) is 60.8 Å². The van der Waals surface area contributed by atoms with Gasteiger partial charge in [0, 0.05) is 29.2 Å². The van der Waals surface area contributed by atoms with Crippen LogP contribution in [0.15, 0.2) is 97.5 Å². The fourth-order valence-corrected chi connectivity index (χ4v) is 5.05. The van der Waals surface area contributed by atoms with Gasteiger partial charge in [-0.2, -0.15) is 5.26 Å². The van der Waals surface area contributed by atoms with Crippen molar-refractivity contribution in [2.24, 2.45) is 0 Å². The highest BCUT2D eigenvalue weighted by molar-refractivity contribution is 6.36. The SMILES string of the molecule is N#Cc1cnc2c(Cl)cc(NC(c3ccccc3)c3cn(Cc4ccccn4)nn3)cc2c1Nc1ccc(F)c(Cl)c1. The topological polar surface area (TPSA) is 104 Å². The molecule has 11 heteroatoms. The maximum atomic E-state index is 13.8. The zero-order chi connectivity index (χ0) is 29.1. The minimum Gasteiger partial charge on any atom is -0.373 e. The molecule has 1 atom stereocenters. The Morgan fingerprint density at radius 3 is 2.50 bits per heavy atom.